The Bertz CT molecular complexity index is 1160. The molecule has 3 aromatic rings. The summed E-state index contributed by atoms with van der Waals surface area (Å²) in [5.41, 5.74) is 2.06. The van der Waals surface area contributed by atoms with E-state index in [0.29, 0.717) is 53.6 Å². The number of benzene rings is 1. The molecule has 1 amide bonds. The molecule has 10 heteroatoms. The third kappa shape index (κ3) is 4.02. The van der Waals surface area contributed by atoms with Crippen molar-refractivity contribution in [3.8, 4) is 11.3 Å². The van der Waals surface area contributed by atoms with E-state index in [1.54, 1.807) is 30.2 Å². The molecule has 0 bridgehead atoms. The Morgan fingerprint density at radius 1 is 1.32 bits per heavy atom. The van der Waals surface area contributed by atoms with Crippen molar-refractivity contribution in [3.05, 3.63) is 51.1 Å². The van der Waals surface area contributed by atoms with Crippen LogP contribution in [0.3, 0.4) is 0 Å². The second-order valence-electron chi connectivity index (χ2n) is 7.42. The quantitative estimate of drug-likeness (QED) is 0.339. The molecule has 0 aliphatic carbocycles. The van der Waals surface area contributed by atoms with Crippen LogP contribution in [0.2, 0.25) is 0 Å². The number of likely N-dealkylation sites (tertiary alicyclic amines) is 1. The average Bonchev–Trinajstić information content (AvgIpc) is 3.33. The molecule has 0 N–H and O–H groups in total. The number of carbonyl (C=O) groups excluding carboxylic acids is 2. The predicted molar refractivity (Wildman–Crippen MR) is 115 cm³/mol. The summed E-state index contributed by atoms with van der Waals surface area (Å²) in [5.74, 6) is -0.399. The van der Waals surface area contributed by atoms with Crippen molar-refractivity contribution in [2.45, 2.75) is 26.7 Å². The maximum atomic E-state index is 13.1. The van der Waals surface area contributed by atoms with Gasteiger partial charge in [0.05, 0.1) is 23.1 Å². The van der Waals surface area contributed by atoms with Crippen LogP contribution in [-0.2, 0) is 9.53 Å². The molecule has 1 fully saturated rings. The Kier molecular flexibility index (Phi) is 5.73. The lowest BCUT2D eigenvalue weighted by Crippen LogP contribution is -2.40. The highest BCUT2D eigenvalue weighted by molar-refractivity contribution is 7.19. The Labute approximate surface area is 182 Å². The van der Waals surface area contributed by atoms with Crippen LogP contribution in [0.5, 0.6) is 0 Å². The first-order valence-corrected chi connectivity index (χ1v) is 10.9. The highest BCUT2D eigenvalue weighted by Crippen LogP contribution is 2.30. The fraction of sp³-hybridized carbons (Fsp3) is 0.381. The van der Waals surface area contributed by atoms with Crippen LogP contribution in [0.15, 0.2) is 30.5 Å². The summed E-state index contributed by atoms with van der Waals surface area (Å²) in [6.07, 6.45) is 3.00. The molecule has 3 heterocycles. The fourth-order valence-electron chi connectivity index (χ4n) is 3.79. The summed E-state index contributed by atoms with van der Waals surface area (Å²) in [7, 11) is 0. The van der Waals surface area contributed by atoms with Gasteiger partial charge in [0.2, 0.25) is 0 Å². The van der Waals surface area contributed by atoms with Gasteiger partial charge in [0.15, 0.2) is 4.96 Å². The number of carbonyl (C=O) groups is 2. The zero-order valence-electron chi connectivity index (χ0n) is 17.2. The minimum absolute atomic E-state index is 0.00710. The monoisotopic (exact) mass is 442 g/mol. The molecule has 0 radical (unpaired) electrons. The molecule has 0 saturated carbocycles. The van der Waals surface area contributed by atoms with Gasteiger partial charge in [0, 0.05) is 42.7 Å². The van der Waals surface area contributed by atoms with E-state index >= 15 is 0 Å². The zero-order valence-corrected chi connectivity index (χ0v) is 18.1. The predicted octanol–water partition coefficient (Wildman–Crippen LogP) is 3.69. The lowest BCUT2D eigenvalue weighted by atomic mass is 9.97. The normalized spacial score (nSPS) is 14.7. The van der Waals surface area contributed by atoms with Crippen LogP contribution >= 0.6 is 11.3 Å². The van der Waals surface area contributed by atoms with Crippen LogP contribution in [-0.4, -0.2) is 50.8 Å². The van der Waals surface area contributed by atoms with E-state index in [1.165, 1.54) is 23.5 Å². The van der Waals surface area contributed by atoms with Gasteiger partial charge in [-0.1, -0.05) is 23.5 Å². The number of piperidine rings is 1. The van der Waals surface area contributed by atoms with Gasteiger partial charge >= 0.3 is 5.97 Å². The number of hydrogen-bond acceptors (Lipinski definition) is 7. The Morgan fingerprint density at radius 2 is 2.06 bits per heavy atom. The molecule has 0 unspecified atom stereocenters. The molecule has 1 aliphatic rings. The number of imidazole rings is 1. The van der Waals surface area contributed by atoms with Crippen molar-refractivity contribution in [1.29, 1.82) is 0 Å². The standard InChI is InChI=1S/C21H22N4O5S/c1-3-30-20(27)14-7-9-23(10-8-14)19(26)18-13(2)24-12-17(22-21(24)31-18)15-5-4-6-16(11-15)25(28)29/h4-6,11-12,14H,3,7-10H2,1-2H3. The second kappa shape index (κ2) is 8.46. The summed E-state index contributed by atoms with van der Waals surface area (Å²) in [4.78, 5) is 43.2. The van der Waals surface area contributed by atoms with Crippen LogP contribution in [0.25, 0.3) is 16.2 Å². The lowest BCUT2D eigenvalue weighted by Gasteiger charge is -2.30. The summed E-state index contributed by atoms with van der Waals surface area (Å²) in [6, 6.07) is 6.33. The smallest absolute Gasteiger partial charge is 0.309 e. The molecule has 1 aromatic carbocycles. The van der Waals surface area contributed by atoms with Gasteiger partial charge in [-0.3, -0.25) is 24.1 Å². The van der Waals surface area contributed by atoms with Gasteiger partial charge in [-0.15, -0.1) is 0 Å². The van der Waals surface area contributed by atoms with Crippen LogP contribution < -0.4 is 0 Å². The molecule has 0 atom stereocenters. The number of esters is 1. The average molecular weight is 442 g/mol. The summed E-state index contributed by atoms with van der Waals surface area (Å²) in [5, 5.41) is 11.0. The number of non-ortho nitro benzene ring substituents is 1. The Balaban J connectivity index is 1.52. The van der Waals surface area contributed by atoms with Crippen molar-refractivity contribution in [2.75, 3.05) is 19.7 Å². The second-order valence-corrected chi connectivity index (χ2v) is 8.40. The van der Waals surface area contributed by atoms with Gasteiger partial charge in [-0.2, -0.15) is 0 Å². The van der Waals surface area contributed by atoms with E-state index in [4.69, 9.17) is 4.74 Å². The van der Waals surface area contributed by atoms with Crippen LogP contribution in [0, 0.1) is 23.0 Å². The van der Waals surface area contributed by atoms with Gasteiger partial charge in [0.1, 0.15) is 4.88 Å². The number of nitro benzene ring substituents is 1. The van der Waals surface area contributed by atoms with Crippen molar-refractivity contribution < 1.29 is 19.2 Å². The molecular formula is C21H22N4O5S. The molecule has 4 rings (SSSR count). The molecule has 9 nitrogen and oxygen atoms in total. The van der Waals surface area contributed by atoms with Crippen molar-refractivity contribution in [3.63, 3.8) is 0 Å². The summed E-state index contributed by atoms with van der Waals surface area (Å²) >= 11 is 1.30. The minimum Gasteiger partial charge on any atom is -0.466 e. The SMILES string of the molecule is CCOC(=O)C1CCN(C(=O)c2sc3nc(-c4cccc([N+](=O)[O-])c4)cn3c2C)CC1. The Hall–Kier alpha value is -3.27. The molecular weight excluding hydrogens is 420 g/mol. The maximum Gasteiger partial charge on any atom is 0.309 e. The van der Waals surface area contributed by atoms with E-state index < -0.39 is 4.92 Å². The summed E-state index contributed by atoms with van der Waals surface area (Å²) < 4.78 is 6.93. The van der Waals surface area contributed by atoms with Gasteiger partial charge < -0.3 is 9.64 Å². The van der Waals surface area contributed by atoms with Crippen molar-refractivity contribution in [2.24, 2.45) is 5.92 Å². The first-order valence-electron chi connectivity index (χ1n) is 10.1. The summed E-state index contributed by atoms with van der Waals surface area (Å²) in [6.45, 7) is 5.05. The van der Waals surface area contributed by atoms with Crippen molar-refractivity contribution >= 4 is 33.9 Å². The third-order valence-corrected chi connectivity index (χ3v) is 6.65. The van der Waals surface area contributed by atoms with E-state index in [0.717, 1.165) is 5.69 Å². The zero-order chi connectivity index (χ0) is 22.1. The highest BCUT2D eigenvalue weighted by atomic mass is 32.1. The molecule has 0 spiro atoms. The number of aryl methyl sites for hydroxylation is 1. The van der Waals surface area contributed by atoms with E-state index in [9.17, 15) is 19.7 Å². The largest absolute Gasteiger partial charge is 0.466 e. The highest BCUT2D eigenvalue weighted by Gasteiger charge is 2.30. The third-order valence-electron chi connectivity index (χ3n) is 5.51. The van der Waals surface area contributed by atoms with Gasteiger partial charge in [-0.25, -0.2) is 4.98 Å². The topological polar surface area (TPSA) is 107 Å². The Morgan fingerprint density at radius 3 is 2.71 bits per heavy atom. The number of fused-ring (bicyclic) bond motifs is 1. The van der Waals surface area contributed by atoms with Gasteiger partial charge in [0.25, 0.3) is 11.6 Å². The molecule has 1 aliphatic heterocycles. The number of ether oxygens (including phenoxy) is 1. The first kappa shape index (κ1) is 21.0. The fourth-order valence-corrected chi connectivity index (χ4v) is 4.87. The number of rotatable bonds is 5. The first-order chi connectivity index (χ1) is 14.9. The molecule has 2 aromatic heterocycles. The number of thiazole rings is 1. The number of nitrogens with zero attached hydrogens (tertiary/aromatic N) is 4. The van der Waals surface area contributed by atoms with E-state index in [2.05, 4.69) is 4.98 Å². The molecule has 162 valence electrons. The van der Waals surface area contributed by atoms with Crippen LogP contribution in [0.4, 0.5) is 5.69 Å². The van der Waals surface area contributed by atoms with E-state index in [-0.39, 0.29) is 23.5 Å². The number of hydrogen-bond donors (Lipinski definition) is 0. The number of aromatic nitrogens is 2. The maximum absolute atomic E-state index is 13.1. The van der Waals surface area contributed by atoms with Crippen LogP contribution in [0.1, 0.15) is 35.1 Å². The molecule has 31 heavy (non-hydrogen) atoms. The lowest BCUT2D eigenvalue weighted by molar-refractivity contribution is -0.384. The minimum atomic E-state index is -0.435. The number of amides is 1. The van der Waals surface area contributed by atoms with Gasteiger partial charge in [-0.05, 0) is 26.7 Å². The van der Waals surface area contributed by atoms with Crippen molar-refractivity contribution in [1.82, 2.24) is 14.3 Å². The van der Waals surface area contributed by atoms with E-state index in [1.807, 2.05) is 11.3 Å². The number of nitro groups is 1. The molecule has 1 saturated heterocycles.